The van der Waals surface area contributed by atoms with Crippen LogP contribution in [0.1, 0.15) is 26.2 Å². The van der Waals surface area contributed by atoms with Gasteiger partial charge in [0.05, 0.1) is 5.41 Å². The second-order valence-corrected chi connectivity index (χ2v) is 4.89. The molecular weight excluding hydrogens is 228 g/mol. The van der Waals surface area contributed by atoms with Gasteiger partial charge in [-0.3, -0.25) is 4.79 Å². The Kier molecular flexibility index (Phi) is 4.59. The van der Waals surface area contributed by atoms with Crippen molar-refractivity contribution in [2.75, 3.05) is 19.8 Å². The minimum atomic E-state index is -0.361. The molecule has 0 aromatic carbocycles. The first-order valence-electron chi connectivity index (χ1n) is 5.77. The van der Waals surface area contributed by atoms with Crippen LogP contribution in [0.5, 0.6) is 0 Å². The van der Waals surface area contributed by atoms with Crippen LogP contribution in [0.3, 0.4) is 0 Å². The number of rotatable bonds is 3. The molecule has 1 saturated carbocycles. The third-order valence-corrected chi connectivity index (χ3v) is 3.75. The molecule has 2 unspecified atom stereocenters. The quantitative estimate of drug-likeness (QED) is 0.773. The van der Waals surface area contributed by atoms with Crippen molar-refractivity contribution in [1.29, 1.82) is 0 Å². The van der Waals surface area contributed by atoms with Gasteiger partial charge in [0.15, 0.2) is 0 Å². The van der Waals surface area contributed by atoms with E-state index in [1.54, 1.807) is 0 Å². The van der Waals surface area contributed by atoms with E-state index in [9.17, 15) is 4.79 Å². The van der Waals surface area contributed by atoms with Crippen LogP contribution in [0.15, 0.2) is 0 Å². The van der Waals surface area contributed by atoms with Gasteiger partial charge >= 0.3 is 0 Å². The lowest BCUT2D eigenvalue weighted by molar-refractivity contribution is -0.136. The van der Waals surface area contributed by atoms with E-state index in [4.69, 9.17) is 10.5 Å². The average molecular weight is 249 g/mol. The number of carbonyl (C=O) groups is 1. The molecule has 0 bridgehead atoms. The molecule has 16 heavy (non-hydrogen) atoms. The Labute approximate surface area is 103 Å². The molecule has 2 rings (SSSR count). The molecule has 0 spiro atoms. The third kappa shape index (κ3) is 2.67. The van der Waals surface area contributed by atoms with E-state index >= 15 is 0 Å². The second-order valence-electron chi connectivity index (χ2n) is 4.89. The summed E-state index contributed by atoms with van der Waals surface area (Å²) in [6.07, 6.45) is 2.63. The summed E-state index contributed by atoms with van der Waals surface area (Å²) in [5, 5.41) is 3.09. The molecule has 94 valence electrons. The number of nitrogens with one attached hydrogen (secondary N) is 1. The zero-order valence-corrected chi connectivity index (χ0v) is 10.5. The van der Waals surface area contributed by atoms with Crippen molar-refractivity contribution < 1.29 is 9.53 Å². The number of amides is 1. The summed E-state index contributed by atoms with van der Waals surface area (Å²) >= 11 is 0. The number of nitrogens with two attached hydrogens (primary N) is 1. The summed E-state index contributed by atoms with van der Waals surface area (Å²) in [6.45, 7) is 3.91. The van der Waals surface area contributed by atoms with Crippen molar-refractivity contribution >= 4 is 18.3 Å². The lowest BCUT2D eigenvalue weighted by atomic mass is 9.79. The van der Waals surface area contributed by atoms with Crippen molar-refractivity contribution in [3.63, 3.8) is 0 Å². The third-order valence-electron chi connectivity index (χ3n) is 3.75. The first-order valence-corrected chi connectivity index (χ1v) is 5.77. The van der Waals surface area contributed by atoms with Gasteiger partial charge in [0, 0.05) is 25.8 Å². The zero-order valence-electron chi connectivity index (χ0n) is 9.70. The second kappa shape index (κ2) is 5.34. The Morgan fingerprint density at radius 3 is 2.50 bits per heavy atom. The van der Waals surface area contributed by atoms with Crippen molar-refractivity contribution in [2.45, 2.75) is 32.2 Å². The van der Waals surface area contributed by atoms with Gasteiger partial charge in [0.25, 0.3) is 0 Å². The first-order chi connectivity index (χ1) is 7.18. The fourth-order valence-electron chi connectivity index (χ4n) is 2.13. The summed E-state index contributed by atoms with van der Waals surface area (Å²) in [7, 11) is 0. The number of ether oxygens (including phenoxy) is 1. The molecule has 1 aliphatic heterocycles. The Bertz CT molecular complexity index is 254. The predicted octanol–water partition coefficient (Wildman–Crippen LogP) is 0.688. The van der Waals surface area contributed by atoms with Crippen LogP contribution < -0.4 is 11.1 Å². The highest BCUT2D eigenvalue weighted by atomic mass is 35.5. The molecule has 3 N–H and O–H groups in total. The van der Waals surface area contributed by atoms with Gasteiger partial charge in [-0.05, 0) is 25.2 Å². The average Bonchev–Trinajstić information content (AvgIpc) is 2.95. The van der Waals surface area contributed by atoms with Crippen LogP contribution in [0.2, 0.25) is 0 Å². The molecule has 1 amide bonds. The maximum absolute atomic E-state index is 12.1. The van der Waals surface area contributed by atoms with E-state index in [0.717, 1.165) is 19.3 Å². The van der Waals surface area contributed by atoms with E-state index < -0.39 is 0 Å². The van der Waals surface area contributed by atoms with E-state index in [1.807, 2.05) is 0 Å². The van der Waals surface area contributed by atoms with E-state index in [2.05, 4.69) is 12.2 Å². The van der Waals surface area contributed by atoms with Gasteiger partial charge in [0.2, 0.25) is 5.91 Å². The molecule has 2 aliphatic rings. The standard InChI is InChI=1S/C11H20N2O2.ClH/c1-8-6-9(8)13-10(14)11(7-12)2-4-15-5-3-11;/h8-9H,2-7,12H2,1H3,(H,13,14);1H. The zero-order chi connectivity index (χ0) is 10.9. The fraction of sp³-hybridized carbons (Fsp3) is 0.909. The molecule has 1 aliphatic carbocycles. The van der Waals surface area contributed by atoms with Crippen molar-refractivity contribution in [3.05, 3.63) is 0 Å². The van der Waals surface area contributed by atoms with E-state index in [-0.39, 0.29) is 23.7 Å². The van der Waals surface area contributed by atoms with Crippen LogP contribution in [0.4, 0.5) is 0 Å². The minimum Gasteiger partial charge on any atom is -0.381 e. The summed E-state index contributed by atoms with van der Waals surface area (Å²) < 4.78 is 5.28. The Balaban J connectivity index is 0.00000128. The normalized spacial score (nSPS) is 31.4. The van der Waals surface area contributed by atoms with Gasteiger partial charge in [-0.15, -0.1) is 12.4 Å². The van der Waals surface area contributed by atoms with Crippen molar-refractivity contribution in [2.24, 2.45) is 17.1 Å². The minimum absolute atomic E-state index is 0. The smallest absolute Gasteiger partial charge is 0.227 e. The predicted molar refractivity (Wildman–Crippen MR) is 64.5 cm³/mol. The summed E-state index contributed by atoms with van der Waals surface area (Å²) in [5.74, 6) is 0.784. The van der Waals surface area contributed by atoms with Crippen LogP contribution in [0.25, 0.3) is 0 Å². The van der Waals surface area contributed by atoms with Crippen LogP contribution in [-0.2, 0) is 9.53 Å². The van der Waals surface area contributed by atoms with E-state index in [1.165, 1.54) is 0 Å². The fourth-order valence-corrected chi connectivity index (χ4v) is 2.13. The van der Waals surface area contributed by atoms with Gasteiger partial charge in [-0.2, -0.15) is 0 Å². The highest BCUT2D eigenvalue weighted by Gasteiger charge is 2.42. The van der Waals surface area contributed by atoms with Crippen molar-refractivity contribution in [1.82, 2.24) is 5.32 Å². The molecule has 5 heteroatoms. The number of carbonyl (C=O) groups excluding carboxylic acids is 1. The molecule has 2 atom stereocenters. The largest absolute Gasteiger partial charge is 0.381 e. The maximum atomic E-state index is 12.1. The lowest BCUT2D eigenvalue weighted by Crippen LogP contribution is -2.49. The number of halogens is 1. The molecule has 4 nitrogen and oxygen atoms in total. The first kappa shape index (κ1) is 13.7. The molecule has 1 saturated heterocycles. The van der Waals surface area contributed by atoms with Gasteiger partial charge < -0.3 is 15.8 Å². The molecule has 2 fully saturated rings. The van der Waals surface area contributed by atoms with Crippen LogP contribution in [-0.4, -0.2) is 31.7 Å². The summed E-state index contributed by atoms with van der Waals surface area (Å²) in [6, 6.07) is 0.392. The monoisotopic (exact) mass is 248 g/mol. The Morgan fingerprint density at radius 2 is 2.06 bits per heavy atom. The van der Waals surface area contributed by atoms with Gasteiger partial charge in [-0.25, -0.2) is 0 Å². The van der Waals surface area contributed by atoms with Crippen LogP contribution >= 0.6 is 12.4 Å². The van der Waals surface area contributed by atoms with Crippen LogP contribution in [0, 0.1) is 11.3 Å². The number of hydrogen-bond donors (Lipinski definition) is 2. The highest BCUT2D eigenvalue weighted by Crippen LogP contribution is 2.33. The topological polar surface area (TPSA) is 64.4 Å². The number of hydrogen-bond acceptors (Lipinski definition) is 3. The van der Waals surface area contributed by atoms with Gasteiger partial charge in [-0.1, -0.05) is 6.92 Å². The Morgan fingerprint density at radius 1 is 1.50 bits per heavy atom. The molecule has 0 radical (unpaired) electrons. The van der Waals surface area contributed by atoms with Gasteiger partial charge in [0.1, 0.15) is 0 Å². The highest BCUT2D eigenvalue weighted by molar-refractivity contribution is 5.85. The van der Waals surface area contributed by atoms with Crippen molar-refractivity contribution in [3.8, 4) is 0 Å². The molecule has 1 heterocycles. The summed E-state index contributed by atoms with van der Waals surface area (Å²) in [5.41, 5.74) is 5.39. The lowest BCUT2D eigenvalue weighted by Gasteiger charge is -2.34. The SMILES string of the molecule is CC1CC1NC(=O)C1(CN)CCOCC1.Cl. The maximum Gasteiger partial charge on any atom is 0.227 e. The summed E-state index contributed by atoms with van der Waals surface area (Å²) in [4.78, 5) is 12.1. The molecule has 0 aromatic rings. The molecule has 0 aromatic heterocycles. The Hall–Kier alpha value is -0.320. The van der Waals surface area contributed by atoms with E-state index in [0.29, 0.717) is 31.7 Å². The molecular formula is C11H21ClN2O2.